The van der Waals surface area contributed by atoms with E-state index in [2.05, 4.69) is 4.74 Å². The molecule has 0 radical (unpaired) electrons. The second kappa shape index (κ2) is 5.18. The van der Waals surface area contributed by atoms with Crippen LogP contribution in [0.1, 0.15) is 15.9 Å². The van der Waals surface area contributed by atoms with Gasteiger partial charge < -0.3 is 4.74 Å². The zero-order valence-corrected chi connectivity index (χ0v) is 10.5. The summed E-state index contributed by atoms with van der Waals surface area (Å²) in [5.41, 5.74) is 2.41. The number of hydrogen-bond donors (Lipinski definition) is 0. The molecule has 0 fully saturated rings. The molecule has 0 aliphatic carbocycles. The predicted molar refractivity (Wildman–Crippen MR) is 67.9 cm³/mol. The number of aryl methyl sites for hydroxylation is 1. The molecule has 0 aliphatic heterocycles. The van der Waals surface area contributed by atoms with Gasteiger partial charge in [-0.15, -0.1) is 0 Å². The van der Waals surface area contributed by atoms with Crippen LogP contribution in [-0.4, -0.2) is 13.1 Å². The Kier molecular flexibility index (Phi) is 3.60. The van der Waals surface area contributed by atoms with Crippen molar-refractivity contribution in [2.24, 2.45) is 0 Å². The van der Waals surface area contributed by atoms with E-state index in [0.29, 0.717) is 16.7 Å². The Balaban J connectivity index is 2.54. The smallest absolute Gasteiger partial charge is 0.337 e. The fourth-order valence-corrected chi connectivity index (χ4v) is 1.84. The van der Waals surface area contributed by atoms with Gasteiger partial charge in [-0.2, -0.15) is 0 Å². The van der Waals surface area contributed by atoms with E-state index < -0.39 is 17.6 Å². The first-order valence-electron chi connectivity index (χ1n) is 5.67. The van der Waals surface area contributed by atoms with Gasteiger partial charge >= 0.3 is 5.97 Å². The first-order chi connectivity index (χ1) is 9.02. The monoisotopic (exact) mass is 262 g/mol. The van der Waals surface area contributed by atoms with Crippen molar-refractivity contribution in [3.05, 3.63) is 59.2 Å². The van der Waals surface area contributed by atoms with Crippen molar-refractivity contribution in [1.29, 1.82) is 0 Å². The van der Waals surface area contributed by atoms with Crippen molar-refractivity contribution in [3.8, 4) is 11.1 Å². The fraction of sp³-hybridized carbons (Fsp3) is 0.133. The van der Waals surface area contributed by atoms with Crippen LogP contribution in [-0.2, 0) is 4.74 Å². The van der Waals surface area contributed by atoms with Crippen LogP contribution in [0.3, 0.4) is 0 Å². The molecule has 0 aliphatic rings. The van der Waals surface area contributed by atoms with Crippen LogP contribution in [0.2, 0.25) is 0 Å². The van der Waals surface area contributed by atoms with E-state index in [1.54, 1.807) is 18.2 Å². The SMILES string of the molecule is COC(=O)c1ccc(C)c(-c2ccc(F)c(F)c2)c1. The van der Waals surface area contributed by atoms with Gasteiger partial charge in [-0.05, 0) is 47.9 Å². The van der Waals surface area contributed by atoms with Gasteiger partial charge in [0, 0.05) is 0 Å². The lowest BCUT2D eigenvalue weighted by atomic mass is 9.98. The van der Waals surface area contributed by atoms with Crippen molar-refractivity contribution in [2.45, 2.75) is 6.92 Å². The normalized spacial score (nSPS) is 10.3. The van der Waals surface area contributed by atoms with E-state index in [1.807, 2.05) is 6.92 Å². The largest absolute Gasteiger partial charge is 0.465 e. The number of halogens is 2. The molecule has 4 heteroatoms. The van der Waals surface area contributed by atoms with Crippen LogP contribution in [0.4, 0.5) is 8.78 Å². The molecule has 2 nitrogen and oxygen atoms in total. The van der Waals surface area contributed by atoms with Crippen molar-refractivity contribution in [3.63, 3.8) is 0 Å². The number of carbonyl (C=O) groups is 1. The molecular weight excluding hydrogens is 250 g/mol. The third-order valence-corrected chi connectivity index (χ3v) is 2.89. The average molecular weight is 262 g/mol. The Hall–Kier alpha value is -2.23. The van der Waals surface area contributed by atoms with Gasteiger partial charge in [0.1, 0.15) is 0 Å². The first kappa shape index (κ1) is 13.2. The van der Waals surface area contributed by atoms with E-state index in [-0.39, 0.29) is 0 Å². The van der Waals surface area contributed by atoms with Crippen LogP contribution in [0.5, 0.6) is 0 Å². The second-order valence-corrected chi connectivity index (χ2v) is 4.15. The van der Waals surface area contributed by atoms with Gasteiger partial charge in [0.2, 0.25) is 0 Å². The summed E-state index contributed by atoms with van der Waals surface area (Å²) in [6.07, 6.45) is 0. The zero-order valence-electron chi connectivity index (χ0n) is 10.5. The molecule has 2 rings (SSSR count). The molecule has 2 aromatic rings. The average Bonchev–Trinajstić information content (AvgIpc) is 2.41. The molecule has 0 atom stereocenters. The number of methoxy groups -OCH3 is 1. The summed E-state index contributed by atoms with van der Waals surface area (Å²) >= 11 is 0. The quantitative estimate of drug-likeness (QED) is 0.771. The van der Waals surface area contributed by atoms with Crippen LogP contribution >= 0.6 is 0 Å². The molecule has 0 aromatic heterocycles. The van der Waals surface area contributed by atoms with Crippen LogP contribution < -0.4 is 0 Å². The van der Waals surface area contributed by atoms with Gasteiger partial charge in [-0.25, -0.2) is 13.6 Å². The lowest BCUT2D eigenvalue weighted by Gasteiger charge is -2.08. The zero-order chi connectivity index (χ0) is 14.0. The maximum absolute atomic E-state index is 13.3. The summed E-state index contributed by atoms with van der Waals surface area (Å²) < 4.78 is 30.8. The lowest BCUT2D eigenvalue weighted by molar-refractivity contribution is 0.0601. The fourth-order valence-electron chi connectivity index (χ4n) is 1.84. The Morgan fingerprint density at radius 1 is 1.05 bits per heavy atom. The summed E-state index contributed by atoms with van der Waals surface area (Å²) in [4.78, 5) is 11.5. The minimum atomic E-state index is -0.916. The highest BCUT2D eigenvalue weighted by Gasteiger charge is 2.11. The predicted octanol–water partition coefficient (Wildman–Crippen LogP) is 3.73. The third kappa shape index (κ3) is 2.62. The third-order valence-electron chi connectivity index (χ3n) is 2.89. The summed E-state index contributed by atoms with van der Waals surface area (Å²) in [5, 5.41) is 0. The molecule has 0 amide bonds. The molecule has 19 heavy (non-hydrogen) atoms. The summed E-state index contributed by atoms with van der Waals surface area (Å²) in [6, 6.07) is 8.62. The molecular formula is C15H12F2O2. The van der Waals surface area contributed by atoms with Gasteiger partial charge in [-0.1, -0.05) is 12.1 Å². The molecule has 0 bridgehead atoms. The maximum Gasteiger partial charge on any atom is 0.337 e. The molecule has 98 valence electrons. The van der Waals surface area contributed by atoms with Gasteiger partial charge in [0.15, 0.2) is 11.6 Å². The number of rotatable bonds is 2. The van der Waals surface area contributed by atoms with Crippen molar-refractivity contribution in [1.82, 2.24) is 0 Å². The summed E-state index contributed by atoms with van der Waals surface area (Å²) in [7, 11) is 1.29. The molecule has 2 aromatic carbocycles. The van der Waals surface area contributed by atoms with E-state index in [1.165, 1.54) is 13.2 Å². The Morgan fingerprint density at radius 3 is 2.42 bits per heavy atom. The van der Waals surface area contributed by atoms with E-state index in [4.69, 9.17) is 0 Å². The van der Waals surface area contributed by atoms with Crippen molar-refractivity contribution < 1.29 is 18.3 Å². The topological polar surface area (TPSA) is 26.3 Å². The minimum absolute atomic E-state index is 0.368. The van der Waals surface area contributed by atoms with Crippen molar-refractivity contribution in [2.75, 3.05) is 7.11 Å². The Labute approximate surface area is 109 Å². The van der Waals surface area contributed by atoms with Crippen LogP contribution in [0.25, 0.3) is 11.1 Å². The van der Waals surface area contributed by atoms with E-state index in [0.717, 1.165) is 17.7 Å². The highest BCUT2D eigenvalue weighted by Crippen LogP contribution is 2.26. The minimum Gasteiger partial charge on any atom is -0.465 e. The Morgan fingerprint density at radius 2 is 1.79 bits per heavy atom. The first-order valence-corrected chi connectivity index (χ1v) is 5.67. The highest BCUT2D eigenvalue weighted by molar-refractivity contribution is 5.91. The molecule has 0 spiro atoms. The van der Waals surface area contributed by atoms with Gasteiger partial charge in [-0.3, -0.25) is 0 Å². The van der Waals surface area contributed by atoms with E-state index >= 15 is 0 Å². The summed E-state index contributed by atoms with van der Waals surface area (Å²) in [5.74, 6) is -2.28. The van der Waals surface area contributed by atoms with Gasteiger partial charge in [0.05, 0.1) is 12.7 Å². The molecule has 0 N–H and O–H groups in total. The van der Waals surface area contributed by atoms with E-state index in [9.17, 15) is 13.6 Å². The molecule has 0 heterocycles. The number of benzene rings is 2. The molecule has 0 saturated carbocycles. The number of esters is 1. The van der Waals surface area contributed by atoms with Gasteiger partial charge in [0.25, 0.3) is 0 Å². The number of carbonyl (C=O) groups excluding carboxylic acids is 1. The standard InChI is InChI=1S/C15H12F2O2/c1-9-3-4-11(15(18)19-2)7-12(9)10-5-6-13(16)14(17)8-10/h3-8H,1-2H3. The van der Waals surface area contributed by atoms with Crippen LogP contribution in [0, 0.1) is 18.6 Å². The van der Waals surface area contributed by atoms with Crippen LogP contribution in [0.15, 0.2) is 36.4 Å². The number of ether oxygens (including phenoxy) is 1. The second-order valence-electron chi connectivity index (χ2n) is 4.15. The highest BCUT2D eigenvalue weighted by atomic mass is 19.2. The number of hydrogen-bond acceptors (Lipinski definition) is 2. The molecule has 0 unspecified atom stereocenters. The summed E-state index contributed by atoms with van der Waals surface area (Å²) in [6.45, 7) is 1.83. The Bertz CT molecular complexity index is 636. The maximum atomic E-state index is 13.3. The van der Waals surface area contributed by atoms with Crippen molar-refractivity contribution >= 4 is 5.97 Å². The lowest BCUT2D eigenvalue weighted by Crippen LogP contribution is -2.01. The molecule has 0 saturated heterocycles.